The fourth-order valence-electron chi connectivity index (χ4n) is 11.8. The van der Waals surface area contributed by atoms with Crippen molar-refractivity contribution in [3.8, 4) is 0 Å². The van der Waals surface area contributed by atoms with Gasteiger partial charge >= 0.3 is 0 Å². The maximum atomic E-state index is 3.77. The average Bonchev–Trinajstić information content (AvgIpc) is 3.62. The van der Waals surface area contributed by atoms with Gasteiger partial charge in [0.25, 0.3) is 6.71 Å². The van der Waals surface area contributed by atoms with Crippen molar-refractivity contribution >= 4 is 77.8 Å². The van der Waals surface area contributed by atoms with E-state index in [1.807, 2.05) is 11.3 Å². The number of hydrogen-bond donors (Lipinski definition) is 0. The normalized spacial score (nSPS) is 18.7. The summed E-state index contributed by atoms with van der Waals surface area (Å²) in [4.78, 5) is 5.47. The van der Waals surface area contributed by atoms with Crippen molar-refractivity contribution in [2.75, 3.05) is 9.80 Å². The molecule has 0 fully saturated rings. The number of fused-ring (bicyclic) bond motifs is 8. The molecule has 1 atom stereocenters. The Kier molecular flexibility index (Phi) is 10.4. The van der Waals surface area contributed by atoms with Crippen molar-refractivity contribution in [1.82, 2.24) is 0 Å². The molecule has 5 aromatic carbocycles. The molecule has 10 rings (SSSR count). The molecule has 4 heteroatoms. The SMILES string of the molecule is CC(C)(C)CC1C=C(N2c3cc(C(C)(C)C)cc4c3B(c3ccc5c(c32)C(C)(C)CCC5(C)C)c2c(sc3c#cc(C(C)(C)C)cc23)N4c2ccc(C(C)(C)C)cc2)C(c2ccccc2)=CC1. The van der Waals surface area contributed by atoms with Gasteiger partial charge in [0, 0.05) is 39.6 Å². The summed E-state index contributed by atoms with van der Waals surface area (Å²) in [7, 11) is 0. The molecule has 0 bridgehead atoms. The largest absolute Gasteiger partial charge is 0.311 e. The van der Waals surface area contributed by atoms with Crippen molar-refractivity contribution in [1.29, 1.82) is 0 Å². The van der Waals surface area contributed by atoms with Crippen LogP contribution in [0.3, 0.4) is 0 Å². The van der Waals surface area contributed by atoms with Crippen LogP contribution in [0.25, 0.3) is 15.7 Å². The van der Waals surface area contributed by atoms with E-state index in [1.54, 1.807) is 0 Å². The van der Waals surface area contributed by atoms with Crippen LogP contribution in [-0.4, -0.2) is 6.71 Å². The molecule has 2 nitrogen and oxygen atoms in total. The third kappa shape index (κ3) is 7.71. The molecule has 0 N–H and O–H groups in total. The monoisotopic (exact) mass is 901 g/mol. The van der Waals surface area contributed by atoms with Crippen LogP contribution in [0.5, 0.6) is 0 Å². The molecule has 4 aliphatic rings. The van der Waals surface area contributed by atoms with Crippen LogP contribution < -0.4 is 26.2 Å². The minimum atomic E-state index is -0.120. The molecule has 0 saturated carbocycles. The van der Waals surface area contributed by atoms with E-state index in [0.717, 1.165) is 19.3 Å². The van der Waals surface area contributed by atoms with Crippen molar-refractivity contribution in [2.45, 2.75) is 164 Å². The van der Waals surface area contributed by atoms with E-state index in [1.165, 1.54) is 105 Å². The molecule has 1 unspecified atom stereocenters. The van der Waals surface area contributed by atoms with Crippen LogP contribution in [0, 0.1) is 23.5 Å². The van der Waals surface area contributed by atoms with Gasteiger partial charge in [0.05, 0.1) is 9.70 Å². The standard InChI is InChI=1S/C63H73BN2S/c1-58(2,3)38-39-22-28-45(40-20-18-17-19-21-40)49(34-39)66-51-37-43(61(10,11)12)36-50-55(51)64(48-30-29-47-53(56(48)66)63(15,16)33-32-62(47,13)14)54-46-35-42(60(7,8)9)25-31-52(46)67-57(54)65(50)44-26-23-41(24-27-44)59(4,5)6/h17-21,23-24,26-30,34-37,39H,22,32-33,38H2,1-16H3. The molecule has 1 aromatic heterocycles. The summed E-state index contributed by atoms with van der Waals surface area (Å²) in [6.45, 7) is 38.4. The molecular formula is C63H73BN2S. The van der Waals surface area contributed by atoms with Gasteiger partial charge in [-0.3, -0.25) is 0 Å². The third-order valence-electron chi connectivity index (χ3n) is 15.6. The molecule has 2 aliphatic carbocycles. The number of hydrogen-bond acceptors (Lipinski definition) is 3. The van der Waals surface area contributed by atoms with Crippen LogP contribution >= 0.6 is 11.3 Å². The lowest BCUT2D eigenvalue weighted by Crippen LogP contribution is -2.62. The van der Waals surface area contributed by atoms with Gasteiger partial charge < -0.3 is 9.80 Å². The minimum absolute atomic E-state index is 0.00703. The highest BCUT2D eigenvalue weighted by atomic mass is 32.1. The van der Waals surface area contributed by atoms with E-state index in [4.69, 9.17) is 0 Å². The molecule has 344 valence electrons. The zero-order valence-electron chi connectivity index (χ0n) is 43.5. The maximum Gasteiger partial charge on any atom is 0.254 e. The number of nitrogens with zero attached hydrogens (tertiary/aromatic N) is 2. The summed E-state index contributed by atoms with van der Waals surface area (Å²) >= 11 is 1.90. The Morgan fingerprint density at radius 2 is 1.31 bits per heavy atom. The van der Waals surface area contributed by atoms with Gasteiger partial charge in [-0.2, -0.15) is 0 Å². The van der Waals surface area contributed by atoms with Gasteiger partial charge in [-0.05, 0) is 144 Å². The lowest BCUT2D eigenvalue weighted by atomic mass is 9.33. The van der Waals surface area contributed by atoms with Gasteiger partial charge in [0.1, 0.15) is 0 Å². The summed E-state index contributed by atoms with van der Waals surface area (Å²) in [6, 6.07) is 41.0. The van der Waals surface area contributed by atoms with E-state index in [9.17, 15) is 0 Å². The molecule has 0 spiro atoms. The summed E-state index contributed by atoms with van der Waals surface area (Å²) in [5.41, 5.74) is 20.3. The second-order valence-corrected chi connectivity index (χ2v) is 27.2. The molecule has 6 aromatic rings. The molecule has 0 amide bonds. The van der Waals surface area contributed by atoms with E-state index >= 15 is 0 Å². The predicted molar refractivity (Wildman–Crippen MR) is 293 cm³/mol. The summed E-state index contributed by atoms with van der Waals surface area (Å²) in [5, 5.41) is 2.61. The zero-order chi connectivity index (χ0) is 48.0. The number of benzene rings is 4. The molecule has 2 aliphatic heterocycles. The number of rotatable bonds is 4. The van der Waals surface area contributed by atoms with Gasteiger partial charge in [0.2, 0.25) is 0 Å². The first-order valence-electron chi connectivity index (χ1n) is 25.2. The predicted octanol–water partition coefficient (Wildman–Crippen LogP) is 15.9. The summed E-state index contributed by atoms with van der Waals surface area (Å²) in [6.07, 6.45) is 9.75. The first-order valence-corrected chi connectivity index (χ1v) is 26.0. The van der Waals surface area contributed by atoms with Gasteiger partial charge in [-0.1, -0.05) is 190 Å². The topological polar surface area (TPSA) is 6.48 Å². The Balaban J connectivity index is 1.39. The van der Waals surface area contributed by atoms with Gasteiger partial charge in [-0.25, -0.2) is 0 Å². The highest BCUT2D eigenvalue weighted by molar-refractivity contribution is 7.26. The number of anilines is 5. The maximum absolute atomic E-state index is 3.77. The Labute approximate surface area is 408 Å². The van der Waals surface area contributed by atoms with E-state index in [2.05, 4.69) is 230 Å². The van der Waals surface area contributed by atoms with Crippen molar-refractivity contribution in [3.63, 3.8) is 0 Å². The minimum Gasteiger partial charge on any atom is -0.311 e. The summed E-state index contributed by atoms with van der Waals surface area (Å²) in [5.74, 6) is 0.405. The van der Waals surface area contributed by atoms with Crippen molar-refractivity contribution in [3.05, 3.63) is 148 Å². The van der Waals surface area contributed by atoms with E-state index < -0.39 is 0 Å². The number of allylic oxidation sites excluding steroid dienone is 3. The lowest BCUT2D eigenvalue weighted by Gasteiger charge is -2.50. The fourth-order valence-corrected chi connectivity index (χ4v) is 13.0. The Morgan fingerprint density at radius 3 is 1.94 bits per heavy atom. The van der Waals surface area contributed by atoms with Gasteiger partial charge in [-0.15, -0.1) is 11.3 Å². The first-order chi connectivity index (χ1) is 31.2. The molecule has 0 radical (unpaired) electrons. The highest BCUT2D eigenvalue weighted by Gasteiger charge is 2.50. The van der Waals surface area contributed by atoms with Crippen LogP contribution in [0.2, 0.25) is 0 Å². The first kappa shape index (κ1) is 45.8. The second-order valence-electron chi connectivity index (χ2n) is 26.2. The highest BCUT2D eigenvalue weighted by Crippen LogP contribution is 2.56. The van der Waals surface area contributed by atoms with Crippen molar-refractivity contribution in [2.24, 2.45) is 11.3 Å². The van der Waals surface area contributed by atoms with Crippen molar-refractivity contribution < 1.29 is 0 Å². The fraction of sp³-hybridized carbons (Fsp3) is 0.429. The Bertz CT molecular complexity index is 3000. The third-order valence-corrected chi connectivity index (χ3v) is 16.8. The van der Waals surface area contributed by atoms with E-state index in [-0.39, 0.29) is 39.2 Å². The second kappa shape index (κ2) is 15.3. The molecular weight excluding hydrogens is 828 g/mol. The molecule has 0 saturated heterocycles. The number of thiophene rings is 1. The van der Waals surface area contributed by atoms with Crippen LogP contribution in [0.15, 0.2) is 103 Å². The van der Waals surface area contributed by atoms with Crippen LogP contribution in [0.1, 0.15) is 170 Å². The van der Waals surface area contributed by atoms with Crippen LogP contribution in [0.4, 0.5) is 27.8 Å². The van der Waals surface area contributed by atoms with E-state index in [0.29, 0.717) is 5.92 Å². The van der Waals surface area contributed by atoms with Crippen LogP contribution in [-0.2, 0) is 27.1 Å². The lowest BCUT2D eigenvalue weighted by molar-refractivity contribution is 0.325. The smallest absolute Gasteiger partial charge is 0.254 e. The van der Waals surface area contributed by atoms with Gasteiger partial charge in [0.15, 0.2) is 0 Å². The zero-order valence-corrected chi connectivity index (χ0v) is 44.3. The average molecular weight is 901 g/mol. The molecule has 67 heavy (non-hydrogen) atoms. The Morgan fingerprint density at radius 1 is 0.672 bits per heavy atom. The quantitative estimate of drug-likeness (QED) is 0.162. The Hall–Kier alpha value is -4.98. The molecule has 3 heterocycles. The summed E-state index contributed by atoms with van der Waals surface area (Å²) < 4.78 is 1.18.